The molecule has 1 heterocycles. The molecule has 1 amide bonds. The lowest BCUT2D eigenvalue weighted by Crippen LogP contribution is -2.22. The predicted octanol–water partition coefficient (Wildman–Crippen LogP) is 4.08. The third-order valence-electron chi connectivity index (χ3n) is 3.86. The summed E-state index contributed by atoms with van der Waals surface area (Å²) in [4.78, 5) is 37.3. The minimum Gasteiger partial charge on any atom is -0.451 e. The molecule has 0 atom stereocenters. The standard InChI is InChI=1S/C21H17NO4S/c1-14-11-12-27-20(14)21(25)26-13-18(23)22-17-10-6-5-9-16(17)19(24)15-7-3-2-4-8-15/h2-12H,13H2,1H3,(H,22,23). The van der Waals surface area contributed by atoms with Crippen molar-refractivity contribution >= 4 is 34.7 Å². The Hall–Kier alpha value is -3.25. The Labute approximate surface area is 160 Å². The van der Waals surface area contributed by atoms with Gasteiger partial charge in [-0.15, -0.1) is 11.3 Å². The number of nitrogens with one attached hydrogen (secondary N) is 1. The molecule has 136 valence electrons. The van der Waals surface area contributed by atoms with Crippen molar-refractivity contribution < 1.29 is 19.1 Å². The van der Waals surface area contributed by atoms with E-state index in [2.05, 4.69) is 5.32 Å². The third-order valence-corrected chi connectivity index (χ3v) is 4.86. The number of para-hydroxylation sites is 1. The summed E-state index contributed by atoms with van der Waals surface area (Å²) < 4.78 is 5.06. The van der Waals surface area contributed by atoms with Gasteiger partial charge in [0.2, 0.25) is 0 Å². The lowest BCUT2D eigenvalue weighted by molar-refractivity contribution is -0.119. The predicted molar refractivity (Wildman–Crippen MR) is 104 cm³/mol. The van der Waals surface area contributed by atoms with E-state index in [4.69, 9.17) is 4.74 Å². The molecule has 3 aromatic rings. The molecule has 0 saturated carbocycles. The monoisotopic (exact) mass is 379 g/mol. The highest BCUT2D eigenvalue weighted by Crippen LogP contribution is 2.20. The quantitative estimate of drug-likeness (QED) is 0.517. The molecule has 0 unspecified atom stereocenters. The number of aryl methyl sites for hydroxylation is 1. The number of ether oxygens (including phenoxy) is 1. The topological polar surface area (TPSA) is 72.5 Å². The lowest BCUT2D eigenvalue weighted by atomic mass is 10.0. The number of rotatable bonds is 6. The molecule has 0 radical (unpaired) electrons. The molecular formula is C21H17NO4S. The molecule has 5 nitrogen and oxygen atoms in total. The van der Waals surface area contributed by atoms with Gasteiger partial charge in [-0.25, -0.2) is 4.79 Å². The largest absolute Gasteiger partial charge is 0.451 e. The summed E-state index contributed by atoms with van der Waals surface area (Å²) in [6, 6.07) is 17.4. The van der Waals surface area contributed by atoms with Crippen LogP contribution in [0.5, 0.6) is 0 Å². The van der Waals surface area contributed by atoms with Gasteiger partial charge in [-0.05, 0) is 36.1 Å². The highest BCUT2D eigenvalue weighted by Gasteiger charge is 2.17. The van der Waals surface area contributed by atoms with E-state index in [9.17, 15) is 14.4 Å². The zero-order valence-electron chi connectivity index (χ0n) is 14.6. The number of esters is 1. The number of carbonyl (C=O) groups excluding carboxylic acids is 3. The summed E-state index contributed by atoms with van der Waals surface area (Å²) in [7, 11) is 0. The maximum absolute atomic E-state index is 12.7. The van der Waals surface area contributed by atoms with E-state index >= 15 is 0 Å². The molecule has 0 aliphatic rings. The van der Waals surface area contributed by atoms with Crippen LogP contribution in [0.1, 0.15) is 31.2 Å². The van der Waals surface area contributed by atoms with Crippen molar-refractivity contribution in [3.05, 3.63) is 87.6 Å². The average molecular weight is 379 g/mol. The highest BCUT2D eigenvalue weighted by molar-refractivity contribution is 7.12. The van der Waals surface area contributed by atoms with Gasteiger partial charge >= 0.3 is 5.97 Å². The number of thiophene rings is 1. The molecule has 0 fully saturated rings. The van der Waals surface area contributed by atoms with Crippen LogP contribution in [0.15, 0.2) is 66.0 Å². The van der Waals surface area contributed by atoms with E-state index in [-0.39, 0.29) is 5.78 Å². The summed E-state index contributed by atoms with van der Waals surface area (Å²) in [5, 5.41) is 4.43. The number of ketones is 1. The van der Waals surface area contributed by atoms with Crippen molar-refractivity contribution in [3.8, 4) is 0 Å². The van der Waals surface area contributed by atoms with Gasteiger partial charge in [0, 0.05) is 11.1 Å². The Kier molecular flexibility index (Phi) is 5.78. The van der Waals surface area contributed by atoms with Crippen molar-refractivity contribution in [1.82, 2.24) is 0 Å². The fourth-order valence-electron chi connectivity index (χ4n) is 2.50. The first kappa shape index (κ1) is 18.5. The van der Waals surface area contributed by atoms with Crippen molar-refractivity contribution in [2.45, 2.75) is 6.92 Å². The van der Waals surface area contributed by atoms with Crippen LogP contribution in [0.2, 0.25) is 0 Å². The molecule has 3 rings (SSSR count). The molecule has 27 heavy (non-hydrogen) atoms. The van der Waals surface area contributed by atoms with Gasteiger partial charge in [0.05, 0.1) is 5.69 Å². The Morgan fingerprint density at radius 1 is 0.963 bits per heavy atom. The van der Waals surface area contributed by atoms with Crippen LogP contribution in [0.4, 0.5) is 5.69 Å². The van der Waals surface area contributed by atoms with E-state index in [1.807, 2.05) is 12.1 Å². The number of anilines is 1. The summed E-state index contributed by atoms with van der Waals surface area (Å²) in [5.41, 5.74) is 2.08. The Morgan fingerprint density at radius 3 is 2.37 bits per heavy atom. The van der Waals surface area contributed by atoms with Crippen molar-refractivity contribution in [2.75, 3.05) is 11.9 Å². The number of hydrogen-bond donors (Lipinski definition) is 1. The smallest absolute Gasteiger partial charge is 0.349 e. The van der Waals surface area contributed by atoms with Crippen LogP contribution in [-0.2, 0) is 9.53 Å². The van der Waals surface area contributed by atoms with E-state index in [1.165, 1.54) is 11.3 Å². The van der Waals surface area contributed by atoms with Crippen LogP contribution in [0.25, 0.3) is 0 Å². The van der Waals surface area contributed by atoms with Crippen molar-refractivity contribution in [3.63, 3.8) is 0 Å². The molecule has 1 aromatic heterocycles. The minimum absolute atomic E-state index is 0.197. The second kappa shape index (κ2) is 8.42. The van der Waals surface area contributed by atoms with Crippen molar-refractivity contribution in [1.29, 1.82) is 0 Å². The summed E-state index contributed by atoms with van der Waals surface area (Å²) in [5.74, 6) is -1.24. The van der Waals surface area contributed by atoms with E-state index in [0.29, 0.717) is 21.7 Å². The second-order valence-corrected chi connectivity index (χ2v) is 6.71. The normalized spacial score (nSPS) is 10.3. The fraction of sp³-hybridized carbons (Fsp3) is 0.0952. The molecule has 0 bridgehead atoms. The van der Waals surface area contributed by atoms with Crippen LogP contribution < -0.4 is 5.32 Å². The van der Waals surface area contributed by atoms with Crippen LogP contribution >= 0.6 is 11.3 Å². The van der Waals surface area contributed by atoms with Gasteiger partial charge in [-0.3, -0.25) is 9.59 Å². The first-order valence-corrected chi connectivity index (χ1v) is 9.14. The molecule has 0 spiro atoms. The molecular weight excluding hydrogens is 362 g/mol. The highest BCUT2D eigenvalue weighted by atomic mass is 32.1. The molecule has 2 aromatic carbocycles. The molecule has 0 aliphatic carbocycles. The van der Waals surface area contributed by atoms with Crippen LogP contribution in [0.3, 0.4) is 0 Å². The second-order valence-electron chi connectivity index (χ2n) is 5.80. The minimum atomic E-state index is -0.536. The number of hydrogen-bond acceptors (Lipinski definition) is 5. The van der Waals surface area contributed by atoms with Gasteiger partial charge in [0.25, 0.3) is 5.91 Å². The maximum Gasteiger partial charge on any atom is 0.349 e. The lowest BCUT2D eigenvalue weighted by Gasteiger charge is -2.11. The number of carbonyl (C=O) groups is 3. The van der Waals surface area contributed by atoms with Gasteiger partial charge in [-0.1, -0.05) is 42.5 Å². The zero-order chi connectivity index (χ0) is 19.2. The number of amides is 1. The first-order chi connectivity index (χ1) is 13.1. The zero-order valence-corrected chi connectivity index (χ0v) is 15.4. The Morgan fingerprint density at radius 2 is 1.67 bits per heavy atom. The molecule has 0 aliphatic heterocycles. The maximum atomic E-state index is 12.7. The van der Waals surface area contributed by atoms with Crippen molar-refractivity contribution in [2.24, 2.45) is 0 Å². The molecule has 1 N–H and O–H groups in total. The van der Waals surface area contributed by atoms with Crippen LogP contribution in [0, 0.1) is 6.92 Å². The van der Waals surface area contributed by atoms with E-state index in [0.717, 1.165) is 5.56 Å². The average Bonchev–Trinajstić information content (AvgIpc) is 3.13. The van der Waals surface area contributed by atoms with E-state index in [1.54, 1.807) is 60.8 Å². The van der Waals surface area contributed by atoms with Gasteiger partial charge < -0.3 is 10.1 Å². The third kappa shape index (κ3) is 4.48. The first-order valence-electron chi connectivity index (χ1n) is 8.26. The Bertz CT molecular complexity index is 979. The summed E-state index contributed by atoms with van der Waals surface area (Å²) in [6.07, 6.45) is 0. The van der Waals surface area contributed by atoms with E-state index < -0.39 is 18.5 Å². The van der Waals surface area contributed by atoms with Crippen LogP contribution in [-0.4, -0.2) is 24.3 Å². The molecule has 0 saturated heterocycles. The van der Waals surface area contributed by atoms with Gasteiger partial charge in [0.15, 0.2) is 12.4 Å². The summed E-state index contributed by atoms with van der Waals surface area (Å²) >= 11 is 1.27. The summed E-state index contributed by atoms with van der Waals surface area (Å²) in [6.45, 7) is 1.38. The van der Waals surface area contributed by atoms with Gasteiger partial charge in [-0.2, -0.15) is 0 Å². The fourth-order valence-corrected chi connectivity index (χ4v) is 3.32. The Balaban J connectivity index is 1.67. The van der Waals surface area contributed by atoms with Gasteiger partial charge in [0.1, 0.15) is 4.88 Å². The number of benzene rings is 2. The molecule has 6 heteroatoms. The SMILES string of the molecule is Cc1ccsc1C(=O)OCC(=O)Nc1ccccc1C(=O)c1ccccc1.